The Labute approximate surface area is 208 Å². The molecule has 0 aliphatic heterocycles. The molecule has 2 heterocycles. The highest BCUT2D eigenvalue weighted by Crippen LogP contribution is 2.34. The number of nitrogens with one attached hydrogen (secondary N) is 1. The third-order valence-electron chi connectivity index (χ3n) is 4.61. The number of thioether (sulfide) groups is 1. The number of benzene rings is 1. The van der Waals surface area contributed by atoms with Crippen molar-refractivity contribution in [2.24, 2.45) is 7.05 Å². The first kappa shape index (κ1) is 25.5. The van der Waals surface area contributed by atoms with Gasteiger partial charge in [-0.05, 0) is 24.6 Å². The summed E-state index contributed by atoms with van der Waals surface area (Å²) in [6.45, 7) is 1.73. The van der Waals surface area contributed by atoms with Crippen LogP contribution in [0.3, 0.4) is 0 Å². The normalized spacial score (nSPS) is 10.6. The molecule has 1 amide bonds. The van der Waals surface area contributed by atoms with Crippen LogP contribution in [-0.2, 0) is 27.9 Å². The summed E-state index contributed by atoms with van der Waals surface area (Å²) in [5.74, 6) is -0.601. The second kappa shape index (κ2) is 11.4. The fourth-order valence-corrected chi connectivity index (χ4v) is 4.88. The van der Waals surface area contributed by atoms with Crippen molar-refractivity contribution in [1.82, 2.24) is 14.8 Å². The van der Waals surface area contributed by atoms with Crippen LogP contribution in [0, 0.1) is 6.92 Å². The largest absolute Gasteiger partial charge is 0.484 e. The van der Waals surface area contributed by atoms with Gasteiger partial charge in [-0.15, -0.1) is 21.5 Å². The fraction of sp³-hybridized carbons (Fsp3) is 0.286. The summed E-state index contributed by atoms with van der Waals surface area (Å²) in [5, 5.41) is 12.1. The minimum atomic E-state index is -0.664. The lowest BCUT2D eigenvalue weighted by Gasteiger charge is -2.08. The summed E-state index contributed by atoms with van der Waals surface area (Å²) >= 11 is 8.20. The van der Waals surface area contributed by atoms with Crippen LogP contribution in [-0.4, -0.2) is 52.6 Å². The first-order valence-corrected chi connectivity index (χ1v) is 11.9. The predicted octanol–water partition coefficient (Wildman–Crippen LogP) is 3.72. The molecular formula is C21H21ClN4O6S2. The van der Waals surface area contributed by atoms with Crippen LogP contribution in [0.25, 0.3) is 0 Å². The molecule has 180 valence electrons. The Morgan fingerprint density at radius 2 is 1.85 bits per heavy atom. The van der Waals surface area contributed by atoms with E-state index >= 15 is 0 Å². The van der Waals surface area contributed by atoms with Gasteiger partial charge >= 0.3 is 11.9 Å². The molecule has 0 unspecified atom stereocenters. The Bertz CT molecular complexity index is 1230. The number of esters is 2. The van der Waals surface area contributed by atoms with E-state index in [1.807, 2.05) is 6.07 Å². The van der Waals surface area contributed by atoms with Crippen molar-refractivity contribution in [2.45, 2.75) is 18.7 Å². The van der Waals surface area contributed by atoms with Crippen LogP contribution in [0.4, 0.5) is 5.00 Å². The molecule has 0 fully saturated rings. The lowest BCUT2D eigenvalue weighted by Crippen LogP contribution is -2.16. The van der Waals surface area contributed by atoms with E-state index in [1.54, 1.807) is 36.7 Å². The van der Waals surface area contributed by atoms with Gasteiger partial charge in [-0.1, -0.05) is 35.5 Å². The SMILES string of the molecule is COC(=O)c1sc(NC(=O)CSc2nnc(COc3ccccc3Cl)n2C)c(C(=O)OC)c1C. The highest BCUT2D eigenvalue weighted by molar-refractivity contribution is 7.99. The van der Waals surface area contributed by atoms with E-state index in [1.165, 1.54) is 14.2 Å². The van der Waals surface area contributed by atoms with Crippen molar-refractivity contribution in [3.63, 3.8) is 0 Å². The number of nitrogens with zero attached hydrogens (tertiary/aromatic N) is 3. The molecule has 0 aliphatic rings. The van der Waals surface area contributed by atoms with E-state index in [4.69, 9.17) is 25.8 Å². The van der Waals surface area contributed by atoms with Gasteiger partial charge < -0.3 is 24.1 Å². The van der Waals surface area contributed by atoms with E-state index < -0.39 is 17.8 Å². The first-order valence-electron chi connectivity index (χ1n) is 9.75. The molecule has 0 saturated heterocycles. The lowest BCUT2D eigenvalue weighted by molar-refractivity contribution is -0.113. The molecule has 0 bridgehead atoms. The molecule has 10 nitrogen and oxygen atoms in total. The van der Waals surface area contributed by atoms with Crippen molar-refractivity contribution in [3.8, 4) is 5.75 Å². The van der Waals surface area contributed by atoms with E-state index in [2.05, 4.69) is 15.5 Å². The van der Waals surface area contributed by atoms with Crippen LogP contribution in [0.2, 0.25) is 5.02 Å². The summed E-state index contributed by atoms with van der Waals surface area (Å²) in [6, 6.07) is 7.09. The number of thiophene rings is 1. The van der Waals surface area contributed by atoms with Crippen LogP contribution in [0.15, 0.2) is 29.4 Å². The quantitative estimate of drug-likeness (QED) is 0.329. The van der Waals surface area contributed by atoms with Crippen LogP contribution < -0.4 is 10.1 Å². The summed E-state index contributed by atoms with van der Waals surface area (Å²) in [7, 11) is 4.22. The molecule has 1 aromatic carbocycles. The third kappa shape index (κ3) is 5.69. The van der Waals surface area contributed by atoms with Gasteiger partial charge in [0.2, 0.25) is 5.91 Å². The van der Waals surface area contributed by atoms with E-state index in [-0.39, 0.29) is 27.8 Å². The van der Waals surface area contributed by atoms with Gasteiger partial charge in [0.05, 0.1) is 30.6 Å². The number of anilines is 1. The second-order valence-corrected chi connectivity index (χ2v) is 9.13. The molecule has 0 radical (unpaired) electrons. The molecule has 1 N–H and O–H groups in total. The molecule has 0 aliphatic carbocycles. The van der Waals surface area contributed by atoms with Gasteiger partial charge in [-0.25, -0.2) is 9.59 Å². The molecule has 0 spiro atoms. The number of para-hydroxylation sites is 1. The highest BCUT2D eigenvalue weighted by atomic mass is 35.5. The Hall–Kier alpha value is -3.09. The maximum Gasteiger partial charge on any atom is 0.348 e. The Balaban J connectivity index is 1.65. The molecule has 0 atom stereocenters. The number of aromatic nitrogens is 3. The molecule has 34 heavy (non-hydrogen) atoms. The summed E-state index contributed by atoms with van der Waals surface area (Å²) in [4.78, 5) is 37.0. The predicted molar refractivity (Wildman–Crippen MR) is 128 cm³/mol. The standard InChI is InChI=1S/C21H21ClN4O6S2/c1-11-16(19(28)30-3)18(34-17(11)20(29)31-4)23-15(27)10-33-21-25-24-14(26(21)2)9-32-13-8-6-5-7-12(13)22/h5-8H,9-10H2,1-4H3,(H,23,27). The zero-order valence-corrected chi connectivity index (χ0v) is 21.1. The minimum Gasteiger partial charge on any atom is -0.484 e. The van der Waals surface area contributed by atoms with E-state index in [0.717, 1.165) is 23.1 Å². The number of ether oxygens (including phenoxy) is 3. The van der Waals surface area contributed by atoms with Gasteiger partial charge in [-0.2, -0.15) is 0 Å². The molecule has 2 aromatic heterocycles. The van der Waals surface area contributed by atoms with Crippen molar-refractivity contribution in [3.05, 3.63) is 51.1 Å². The van der Waals surface area contributed by atoms with Crippen LogP contribution in [0.5, 0.6) is 5.75 Å². The maximum absolute atomic E-state index is 12.6. The monoisotopic (exact) mass is 524 g/mol. The lowest BCUT2D eigenvalue weighted by atomic mass is 10.1. The van der Waals surface area contributed by atoms with Crippen LogP contribution >= 0.6 is 34.7 Å². The van der Waals surface area contributed by atoms with Crippen molar-refractivity contribution >= 4 is 57.5 Å². The molecular weight excluding hydrogens is 504 g/mol. The Kier molecular flexibility index (Phi) is 8.53. The maximum atomic E-state index is 12.6. The average molecular weight is 525 g/mol. The smallest absolute Gasteiger partial charge is 0.348 e. The van der Waals surface area contributed by atoms with E-state index in [0.29, 0.717) is 27.3 Å². The number of amides is 1. The Morgan fingerprint density at radius 3 is 2.53 bits per heavy atom. The van der Waals surface area contributed by atoms with Crippen LogP contribution in [0.1, 0.15) is 31.4 Å². The number of hydrogen-bond donors (Lipinski definition) is 1. The minimum absolute atomic E-state index is 0.0114. The van der Waals surface area contributed by atoms with Crippen molar-refractivity contribution in [2.75, 3.05) is 25.3 Å². The number of methoxy groups -OCH3 is 2. The molecule has 13 heteroatoms. The zero-order valence-electron chi connectivity index (χ0n) is 18.7. The first-order chi connectivity index (χ1) is 16.3. The van der Waals surface area contributed by atoms with Crippen molar-refractivity contribution in [1.29, 1.82) is 0 Å². The number of carbonyl (C=O) groups excluding carboxylic acids is 3. The molecule has 3 aromatic rings. The highest BCUT2D eigenvalue weighted by Gasteiger charge is 2.27. The topological polar surface area (TPSA) is 122 Å². The van der Waals surface area contributed by atoms with Gasteiger partial charge in [0.25, 0.3) is 0 Å². The second-order valence-electron chi connectivity index (χ2n) is 6.76. The van der Waals surface area contributed by atoms with Gasteiger partial charge in [-0.3, -0.25) is 4.79 Å². The zero-order chi connectivity index (χ0) is 24.8. The summed E-state index contributed by atoms with van der Waals surface area (Å²) < 4.78 is 16.9. The van der Waals surface area contributed by atoms with Gasteiger partial charge in [0.1, 0.15) is 22.2 Å². The molecule has 0 saturated carbocycles. The van der Waals surface area contributed by atoms with Crippen molar-refractivity contribution < 1.29 is 28.6 Å². The van der Waals surface area contributed by atoms with Gasteiger partial charge in [0, 0.05) is 7.05 Å². The summed E-state index contributed by atoms with van der Waals surface area (Å²) in [6.07, 6.45) is 0. The average Bonchev–Trinajstić information content (AvgIpc) is 3.34. The van der Waals surface area contributed by atoms with E-state index in [9.17, 15) is 14.4 Å². The van der Waals surface area contributed by atoms with Gasteiger partial charge in [0.15, 0.2) is 11.0 Å². The Morgan fingerprint density at radius 1 is 1.15 bits per heavy atom. The third-order valence-corrected chi connectivity index (χ3v) is 7.13. The number of carbonyl (C=O) groups is 3. The number of hydrogen-bond acceptors (Lipinski definition) is 10. The number of halogens is 1. The summed E-state index contributed by atoms with van der Waals surface area (Å²) in [5.41, 5.74) is 0.493. The number of rotatable bonds is 9. The fourth-order valence-electron chi connectivity index (χ4n) is 2.83. The molecule has 3 rings (SSSR count).